The van der Waals surface area contributed by atoms with Crippen LogP contribution in [-0.4, -0.2) is 45.7 Å². The van der Waals surface area contributed by atoms with Crippen molar-refractivity contribution in [2.45, 2.75) is 57.0 Å². The van der Waals surface area contributed by atoms with Gasteiger partial charge in [-0.05, 0) is 45.2 Å². The molecular formula is C25H29F3N6O. The van der Waals surface area contributed by atoms with Gasteiger partial charge in [-0.15, -0.1) is 0 Å². The van der Waals surface area contributed by atoms with Crippen LogP contribution in [0.15, 0.2) is 36.8 Å². The average Bonchev–Trinajstić information content (AvgIpc) is 3.33. The second kappa shape index (κ2) is 9.49. The Balaban J connectivity index is 1.37. The lowest BCUT2D eigenvalue weighted by Crippen LogP contribution is -2.55. The molecule has 2 fully saturated rings. The number of pyridine rings is 1. The van der Waals surface area contributed by atoms with Crippen molar-refractivity contribution in [1.82, 2.24) is 25.2 Å². The molecule has 2 saturated heterocycles. The number of benzene rings is 1. The summed E-state index contributed by atoms with van der Waals surface area (Å²) in [5, 5.41) is 10.7. The van der Waals surface area contributed by atoms with E-state index in [1.807, 2.05) is 0 Å². The summed E-state index contributed by atoms with van der Waals surface area (Å²) in [6, 6.07) is 4.80. The summed E-state index contributed by atoms with van der Waals surface area (Å²) in [6.07, 6.45) is 5.78. The fourth-order valence-electron chi connectivity index (χ4n) is 5.33. The van der Waals surface area contributed by atoms with Crippen molar-refractivity contribution in [3.63, 3.8) is 0 Å². The van der Waals surface area contributed by atoms with Crippen LogP contribution in [0.25, 0.3) is 5.65 Å². The molecule has 2 N–H and O–H groups in total. The van der Waals surface area contributed by atoms with Gasteiger partial charge in [0, 0.05) is 30.4 Å². The van der Waals surface area contributed by atoms with Gasteiger partial charge < -0.3 is 15.5 Å². The van der Waals surface area contributed by atoms with E-state index in [1.165, 1.54) is 37.7 Å². The summed E-state index contributed by atoms with van der Waals surface area (Å²) in [4.78, 5) is 19.8. The Morgan fingerprint density at radius 1 is 1.17 bits per heavy atom. The number of piperidine rings is 2. The van der Waals surface area contributed by atoms with E-state index < -0.39 is 29.8 Å². The van der Waals surface area contributed by atoms with Crippen molar-refractivity contribution in [2.24, 2.45) is 0 Å². The fraction of sp³-hybridized carbons (Fsp3) is 0.480. The van der Waals surface area contributed by atoms with Crippen LogP contribution in [0.2, 0.25) is 0 Å². The standard InChI is InChI=1S/C25H29F3N6O/c1-16(18-5-4-6-19(21(18)26)22(27)28)32-24(35)17-13-20(23-29-15-31-34(23)14-17)33-11-8-25(9-12-33)7-2-3-10-30-25/h4-6,13-16,22,30H,2-3,7-12H2,1H3,(H,32,35)/t16-/m1/s1. The zero-order valence-electron chi connectivity index (χ0n) is 19.6. The second-order valence-corrected chi connectivity index (χ2v) is 9.54. The van der Waals surface area contributed by atoms with Crippen molar-refractivity contribution in [3.8, 4) is 0 Å². The molecule has 0 unspecified atom stereocenters. The number of halogens is 3. The highest BCUT2D eigenvalue weighted by Crippen LogP contribution is 2.34. The maximum atomic E-state index is 14.6. The van der Waals surface area contributed by atoms with Gasteiger partial charge in [0.1, 0.15) is 12.1 Å². The van der Waals surface area contributed by atoms with Crippen LogP contribution in [0.4, 0.5) is 18.9 Å². The number of fused-ring (bicyclic) bond motifs is 1. The second-order valence-electron chi connectivity index (χ2n) is 9.54. The molecule has 1 spiro atoms. The van der Waals surface area contributed by atoms with E-state index in [4.69, 9.17) is 0 Å². The molecule has 4 heterocycles. The third-order valence-electron chi connectivity index (χ3n) is 7.37. The molecule has 0 aliphatic carbocycles. The van der Waals surface area contributed by atoms with Gasteiger partial charge in [-0.3, -0.25) is 4.79 Å². The van der Waals surface area contributed by atoms with E-state index in [0.717, 1.165) is 44.2 Å². The van der Waals surface area contributed by atoms with Crippen molar-refractivity contribution in [1.29, 1.82) is 0 Å². The smallest absolute Gasteiger partial charge is 0.266 e. The number of rotatable bonds is 5. The molecule has 186 valence electrons. The quantitative estimate of drug-likeness (QED) is 0.559. The monoisotopic (exact) mass is 486 g/mol. The molecule has 0 radical (unpaired) electrons. The van der Waals surface area contributed by atoms with E-state index >= 15 is 0 Å². The molecule has 7 nitrogen and oxygen atoms in total. The Morgan fingerprint density at radius 2 is 1.94 bits per heavy atom. The summed E-state index contributed by atoms with van der Waals surface area (Å²) in [7, 11) is 0. The van der Waals surface area contributed by atoms with Crippen LogP contribution in [0.3, 0.4) is 0 Å². The Morgan fingerprint density at radius 3 is 2.66 bits per heavy atom. The largest absolute Gasteiger partial charge is 0.368 e. The minimum absolute atomic E-state index is 0.0134. The minimum atomic E-state index is -2.93. The number of nitrogens with zero attached hydrogens (tertiary/aromatic N) is 4. The zero-order valence-corrected chi connectivity index (χ0v) is 19.6. The summed E-state index contributed by atoms with van der Waals surface area (Å²) < 4.78 is 42.4. The van der Waals surface area contributed by atoms with Crippen LogP contribution in [0.5, 0.6) is 0 Å². The molecule has 3 aromatic rings. The van der Waals surface area contributed by atoms with Crippen LogP contribution < -0.4 is 15.5 Å². The highest BCUT2D eigenvalue weighted by atomic mass is 19.3. The molecule has 0 bridgehead atoms. The van der Waals surface area contributed by atoms with Crippen LogP contribution in [0, 0.1) is 5.82 Å². The Bertz CT molecular complexity index is 1210. The highest BCUT2D eigenvalue weighted by molar-refractivity contribution is 5.96. The average molecular weight is 487 g/mol. The summed E-state index contributed by atoms with van der Waals surface area (Å²) in [5.41, 5.74) is 1.35. The predicted molar refractivity (Wildman–Crippen MR) is 126 cm³/mol. The molecule has 1 aromatic carbocycles. The summed E-state index contributed by atoms with van der Waals surface area (Å²) in [5.74, 6) is -1.44. The van der Waals surface area contributed by atoms with Gasteiger partial charge in [0.15, 0.2) is 5.65 Å². The minimum Gasteiger partial charge on any atom is -0.368 e. The van der Waals surface area contributed by atoms with Gasteiger partial charge in [0.05, 0.1) is 22.9 Å². The SMILES string of the molecule is C[C@@H](NC(=O)c1cc(N2CCC3(CCCCN3)CC2)c2ncnn2c1)c1cccc(C(F)F)c1F. The van der Waals surface area contributed by atoms with Crippen LogP contribution in [-0.2, 0) is 0 Å². The maximum Gasteiger partial charge on any atom is 0.266 e. The van der Waals surface area contributed by atoms with E-state index in [2.05, 4.69) is 25.6 Å². The molecule has 0 saturated carbocycles. The van der Waals surface area contributed by atoms with Crippen LogP contribution in [0.1, 0.15) is 73.0 Å². The first kappa shape index (κ1) is 23.6. The fourth-order valence-corrected chi connectivity index (χ4v) is 5.33. The normalized spacial score (nSPS) is 18.8. The van der Waals surface area contributed by atoms with Crippen molar-refractivity contribution in [3.05, 3.63) is 59.3 Å². The van der Waals surface area contributed by atoms with Gasteiger partial charge in [-0.25, -0.2) is 22.7 Å². The molecule has 2 aliphatic heterocycles. The summed E-state index contributed by atoms with van der Waals surface area (Å²) in [6.45, 7) is 4.30. The first-order chi connectivity index (χ1) is 16.9. The molecule has 2 aliphatic rings. The Labute approximate surface area is 201 Å². The van der Waals surface area contributed by atoms with E-state index in [9.17, 15) is 18.0 Å². The van der Waals surface area contributed by atoms with E-state index in [1.54, 1.807) is 23.7 Å². The Hall–Kier alpha value is -3.14. The lowest BCUT2D eigenvalue weighted by Gasteiger charge is -2.45. The number of carbonyl (C=O) groups excluding carboxylic acids is 1. The zero-order chi connectivity index (χ0) is 24.6. The van der Waals surface area contributed by atoms with Crippen LogP contribution >= 0.6 is 0 Å². The molecule has 1 amide bonds. The lowest BCUT2D eigenvalue weighted by molar-refractivity contribution is 0.0938. The van der Waals surface area contributed by atoms with Crippen molar-refractivity contribution in [2.75, 3.05) is 24.5 Å². The molecule has 5 rings (SSSR count). The number of aromatic nitrogens is 3. The van der Waals surface area contributed by atoms with E-state index in [0.29, 0.717) is 11.2 Å². The topological polar surface area (TPSA) is 74.6 Å². The third-order valence-corrected chi connectivity index (χ3v) is 7.37. The molecule has 1 atom stereocenters. The molecule has 35 heavy (non-hydrogen) atoms. The first-order valence-electron chi connectivity index (χ1n) is 12.1. The number of amides is 1. The number of hydrogen-bond donors (Lipinski definition) is 2. The van der Waals surface area contributed by atoms with Gasteiger partial charge >= 0.3 is 0 Å². The summed E-state index contributed by atoms with van der Waals surface area (Å²) >= 11 is 0. The number of carbonyl (C=O) groups is 1. The number of alkyl halides is 2. The van der Waals surface area contributed by atoms with Crippen molar-refractivity contribution >= 4 is 17.2 Å². The van der Waals surface area contributed by atoms with E-state index in [-0.39, 0.29) is 11.1 Å². The molecule has 2 aromatic heterocycles. The van der Waals surface area contributed by atoms with Crippen molar-refractivity contribution < 1.29 is 18.0 Å². The first-order valence-corrected chi connectivity index (χ1v) is 12.1. The number of hydrogen-bond acceptors (Lipinski definition) is 5. The van der Waals surface area contributed by atoms with Gasteiger partial charge in [0.2, 0.25) is 0 Å². The highest BCUT2D eigenvalue weighted by Gasteiger charge is 2.36. The maximum absolute atomic E-state index is 14.6. The predicted octanol–water partition coefficient (Wildman–Crippen LogP) is 4.41. The lowest BCUT2D eigenvalue weighted by atomic mass is 9.80. The molecular weight excluding hydrogens is 457 g/mol. The number of nitrogens with one attached hydrogen (secondary N) is 2. The Kier molecular flexibility index (Phi) is 6.39. The molecule has 10 heteroatoms. The third kappa shape index (κ3) is 4.59. The number of anilines is 1. The van der Waals surface area contributed by atoms with Gasteiger partial charge in [-0.2, -0.15) is 5.10 Å². The van der Waals surface area contributed by atoms with Gasteiger partial charge in [-0.1, -0.05) is 24.6 Å². The van der Waals surface area contributed by atoms with Gasteiger partial charge in [0.25, 0.3) is 12.3 Å².